The summed E-state index contributed by atoms with van der Waals surface area (Å²) in [5, 5.41) is 7.59. The molecule has 5 nitrogen and oxygen atoms in total. The topological polar surface area (TPSA) is 59.1 Å². The van der Waals surface area contributed by atoms with Gasteiger partial charge >= 0.3 is 0 Å². The first-order valence-corrected chi connectivity index (χ1v) is 5.80. The van der Waals surface area contributed by atoms with Crippen LogP contribution in [0.25, 0.3) is 0 Å². The first-order chi connectivity index (χ1) is 7.61. The average molecular weight is 225 g/mol. The van der Waals surface area contributed by atoms with Crippen molar-refractivity contribution in [1.82, 2.24) is 15.1 Å². The Morgan fingerprint density at radius 3 is 2.75 bits per heavy atom. The number of nitrogen functional groups attached to an aromatic ring is 1. The van der Waals surface area contributed by atoms with E-state index < -0.39 is 0 Å². The molecule has 0 unspecified atom stereocenters. The van der Waals surface area contributed by atoms with Gasteiger partial charge in [0.1, 0.15) is 5.82 Å². The number of hydrogen-bond acceptors (Lipinski definition) is 4. The lowest BCUT2D eigenvalue weighted by molar-refractivity contribution is 0.589. The van der Waals surface area contributed by atoms with Crippen molar-refractivity contribution in [1.29, 1.82) is 0 Å². The van der Waals surface area contributed by atoms with Crippen molar-refractivity contribution < 1.29 is 0 Å². The number of anilines is 2. The normalized spacial score (nSPS) is 10.8. The molecule has 0 aliphatic rings. The maximum absolute atomic E-state index is 6.06. The van der Waals surface area contributed by atoms with E-state index in [1.54, 1.807) is 0 Å². The Morgan fingerprint density at radius 2 is 2.19 bits per heavy atom. The molecule has 0 radical (unpaired) electrons. The number of nitrogens with zero attached hydrogens (tertiary/aromatic N) is 3. The van der Waals surface area contributed by atoms with Gasteiger partial charge in [0.25, 0.3) is 0 Å². The average Bonchev–Trinajstić information content (AvgIpc) is 2.52. The zero-order valence-electron chi connectivity index (χ0n) is 10.7. The Hall–Kier alpha value is -1.23. The van der Waals surface area contributed by atoms with Crippen molar-refractivity contribution in [2.75, 3.05) is 37.8 Å². The molecule has 0 aliphatic carbocycles. The minimum absolute atomic E-state index is 0.798. The van der Waals surface area contributed by atoms with Crippen LogP contribution in [0.3, 0.4) is 0 Å². The summed E-state index contributed by atoms with van der Waals surface area (Å²) in [6.45, 7) is 6.88. The minimum Gasteiger partial charge on any atom is -0.394 e. The fraction of sp³-hybridized carbons (Fsp3) is 0.727. The Balaban J connectivity index is 2.90. The summed E-state index contributed by atoms with van der Waals surface area (Å²) in [6, 6.07) is 0. The lowest BCUT2D eigenvalue weighted by Gasteiger charge is -2.20. The van der Waals surface area contributed by atoms with Crippen LogP contribution in [0.4, 0.5) is 11.5 Å². The summed E-state index contributed by atoms with van der Waals surface area (Å²) in [6.07, 6.45) is 1.06. The van der Waals surface area contributed by atoms with Gasteiger partial charge in [0.05, 0.1) is 11.4 Å². The van der Waals surface area contributed by atoms with Gasteiger partial charge < -0.3 is 16.0 Å². The van der Waals surface area contributed by atoms with Gasteiger partial charge in [0.2, 0.25) is 0 Å². The van der Waals surface area contributed by atoms with E-state index in [0.29, 0.717) is 0 Å². The van der Waals surface area contributed by atoms with Crippen LogP contribution in [0.15, 0.2) is 0 Å². The molecule has 1 aromatic heterocycles. The first-order valence-electron chi connectivity index (χ1n) is 5.80. The van der Waals surface area contributed by atoms with Crippen molar-refractivity contribution in [3.8, 4) is 0 Å². The van der Waals surface area contributed by atoms with Crippen LogP contribution in [0.1, 0.15) is 19.0 Å². The zero-order chi connectivity index (χ0) is 12.1. The molecule has 5 heteroatoms. The van der Waals surface area contributed by atoms with Crippen molar-refractivity contribution in [2.24, 2.45) is 0 Å². The predicted octanol–water partition coefficient (Wildman–Crippen LogP) is 0.839. The second-order valence-corrected chi connectivity index (χ2v) is 4.07. The van der Waals surface area contributed by atoms with E-state index in [1.807, 2.05) is 18.7 Å². The van der Waals surface area contributed by atoms with E-state index in [2.05, 4.69) is 29.3 Å². The standard InChI is InChI=1S/C11H23N5/c1-5-7-16-11(10(12)9(2)14-16)15(4)8-6-13-3/h13H,5-8,12H2,1-4H3. The zero-order valence-corrected chi connectivity index (χ0v) is 10.7. The van der Waals surface area contributed by atoms with Crippen LogP contribution in [0.5, 0.6) is 0 Å². The SMILES string of the molecule is CCCn1nc(C)c(N)c1N(C)CCNC. The van der Waals surface area contributed by atoms with Crippen molar-refractivity contribution >= 4 is 11.5 Å². The maximum atomic E-state index is 6.06. The van der Waals surface area contributed by atoms with Crippen LogP contribution in [0.2, 0.25) is 0 Å². The van der Waals surface area contributed by atoms with Gasteiger partial charge in [-0.15, -0.1) is 0 Å². The molecule has 92 valence electrons. The van der Waals surface area contributed by atoms with Gasteiger partial charge in [0, 0.05) is 26.7 Å². The largest absolute Gasteiger partial charge is 0.394 e. The molecule has 0 aromatic carbocycles. The van der Waals surface area contributed by atoms with E-state index in [9.17, 15) is 0 Å². The number of rotatable bonds is 6. The van der Waals surface area contributed by atoms with Crippen molar-refractivity contribution in [2.45, 2.75) is 26.8 Å². The fourth-order valence-corrected chi connectivity index (χ4v) is 1.74. The summed E-state index contributed by atoms with van der Waals surface area (Å²) in [4.78, 5) is 2.15. The molecule has 0 aliphatic heterocycles. The molecule has 0 atom stereocenters. The third-order valence-electron chi connectivity index (χ3n) is 2.64. The van der Waals surface area contributed by atoms with Crippen LogP contribution in [-0.4, -0.2) is 37.0 Å². The Morgan fingerprint density at radius 1 is 1.50 bits per heavy atom. The summed E-state index contributed by atoms with van der Waals surface area (Å²) in [7, 11) is 4.00. The summed E-state index contributed by atoms with van der Waals surface area (Å²) >= 11 is 0. The van der Waals surface area contributed by atoms with Crippen LogP contribution in [0, 0.1) is 6.92 Å². The third kappa shape index (κ3) is 2.66. The second-order valence-electron chi connectivity index (χ2n) is 4.07. The molecule has 0 saturated heterocycles. The van der Waals surface area contributed by atoms with E-state index in [4.69, 9.17) is 5.73 Å². The van der Waals surface area contributed by atoms with Gasteiger partial charge in [-0.1, -0.05) is 6.92 Å². The Kier molecular flexibility index (Phi) is 4.61. The van der Waals surface area contributed by atoms with E-state index in [0.717, 1.165) is 43.3 Å². The fourth-order valence-electron chi connectivity index (χ4n) is 1.74. The summed E-state index contributed by atoms with van der Waals surface area (Å²) in [5.41, 5.74) is 7.78. The van der Waals surface area contributed by atoms with Crippen molar-refractivity contribution in [3.63, 3.8) is 0 Å². The van der Waals surface area contributed by atoms with E-state index in [1.165, 1.54) is 0 Å². The molecular weight excluding hydrogens is 202 g/mol. The molecule has 0 spiro atoms. The lowest BCUT2D eigenvalue weighted by Crippen LogP contribution is -2.29. The smallest absolute Gasteiger partial charge is 0.150 e. The monoisotopic (exact) mass is 225 g/mol. The van der Waals surface area contributed by atoms with Gasteiger partial charge in [-0.3, -0.25) is 0 Å². The van der Waals surface area contributed by atoms with Crippen LogP contribution < -0.4 is 16.0 Å². The summed E-state index contributed by atoms with van der Waals surface area (Å²) < 4.78 is 2.00. The van der Waals surface area contributed by atoms with Gasteiger partial charge in [-0.2, -0.15) is 5.10 Å². The highest BCUT2D eigenvalue weighted by Crippen LogP contribution is 2.25. The van der Waals surface area contributed by atoms with E-state index in [-0.39, 0.29) is 0 Å². The first kappa shape index (κ1) is 12.8. The molecule has 1 rings (SSSR count). The number of likely N-dealkylation sites (N-methyl/N-ethyl adjacent to an activating group) is 2. The van der Waals surface area contributed by atoms with Crippen molar-refractivity contribution in [3.05, 3.63) is 5.69 Å². The number of nitrogens with one attached hydrogen (secondary N) is 1. The van der Waals surface area contributed by atoms with Gasteiger partial charge in [0.15, 0.2) is 0 Å². The highest BCUT2D eigenvalue weighted by atomic mass is 15.4. The van der Waals surface area contributed by atoms with Crippen LogP contribution >= 0.6 is 0 Å². The molecule has 3 N–H and O–H groups in total. The highest BCUT2D eigenvalue weighted by Gasteiger charge is 2.15. The molecule has 1 aromatic rings. The third-order valence-corrected chi connectivity index (χ3v) is 2.64. The molecule has 1 heterocycles. The number of hydrogen-bond donors (Lipinski definition) is 2. The molecule has 0 amide bonds. The molecule has 0 bridgehead atoms. The Bertz CT molecular complexity index is 331. The second kappa shape index (κ2) is 5.75. The maximum Gasteiger partial charge on any atom is 0.150 e. The Labute approximate surface area is 97.6 Å². The molecule has 16 heavy (non-hydrogen) atoms. The molecule has 0 saturated carbocycles. The van der Waals surface area contributed by atoms with Crippen LogP contribution in [-0.2, 0) is 6.54 Å². The summed E-state index contributed by atoms with van der Waals surface area (Å²) in [5.74, 6) is 1.04. The highest BCUT2D eigenvalue weighted by molar-refractivity contribution is 5.65. The van der Waals surface area contributed by atoms with Gasteiger partial charge in [-0.05, 0) is 20.4 Å². The predicted molar refractivity (Wildman–Crippen MR) is 68.9 cm³/mol. The quantitative estimate of drug-likeness (QED) is 0.753. The molecular formula is C11H23N5. The van der Waals surface area contributed by atoms with Gasteiger partial charge in [-0.25, -0.2) is 4.68 Å². The minimum atomic E-state index is 0.798. The lowest BCUT2D eigenvalue weighted by atomic mass is 10.3. The number of nitrogens with two attached hydrogens (primary N) is 1. The molecule has 0 fully saturated rings. The van der Waals surface area contributed by atoms with E-state index >= 15 is 0 Å². The number of aryl methyl sites for hydroxylation is 2. The number of aromatic nitrogens is 2.